The van der Waals surface area contributed by atoms with Gasteiger partial charge in [-0.15, -0.1) is 11.3 Å². The number of fused-ring (bicyclic) bond motifs is 1. The second-order valence-corrected chi connectivity index (χ2v) is 7.55. The molecule has 2 rings (SSSR count). The van der Waals surface area contributed by atoms with E-state index < -0.39 is 9.84 Å². The van der Waals surface area contributed by atoms with E-state index in [0.717, 1.165) is 10.3 Å². The van der Waals surface area contributed by atoms with Crippen LogP contribution in [0.3, 0.4) is 0 Å². The maximum atomic E-state index is 11.8. The number of hydrogen-bond acceptors (Lipinski definition) is 5. The van der Waals surface area contributed by atoms with E-state index in [2.05, 4.69) is 18.8 Å². The molecule has 0 spiro atoms. The first-order chi connectivity index (χ1) is 8.84. The van der Waals surface area contributed by atoms with Crippen LogP contribution in [0.15, 0.2) is 16.3 Å². The van der Waals surface area contributed by atoms with E-state index in [1.54, 1.807) is 5.38 Å². The zero-order chi connectivity index (χ0) is 14.2. The van der Waals surface area contributed by atoms with Gasteiger partial charge >= 0.3 is 0 Å². The fourth-order valence-corrected chi connectivity index (χ4v) is 4.34. The van der Waals surface area contributed by atoms with Gasteiger partial charge in [-0.3, -0.25) is 0 Å². The van der Waals surface area contributed by atoms with Crippen LogP contribution < -0.4 is 4.74 Å². The van der Waals surface area contributed by atoms with Crippen molar-refractivity contribution >= 4 is 31.4 Å². The maximum absolute atomic E-state index is 11.8. The van der Waals surface area contributed by atoms with E-state index in [9.17, 15) is 8.42 Å². The van der Waals surface area contributed by atoms with Gasteiger partial charge in [0.1, 0.15) is 10.4 Å². The molecule has 0 aromatic carbocycles. The van der Waals surface area contributed by atoms with Crippen molar-refractivity contribution in [3.63, 3.8) is 0 Å². The average molecular weight is 299 g/mol. The van der Waals surface area contributed by atoms with Gasteiger partial charge in [-0.05, 0) is 18.4 Å². The Balaban J connectivity index is 2.78. The number of nitrogens with zero attached hydrogens (tertiary/aromatic N) is 1. The molecule has 6 heteroatoms. The predicted molar refractivity (Wildman–Crippen MR) is 78.0 cm³/mol. The van der Waals surface area contributed by atoms with E-state index in [-0.39, 0.29) is 10.8 Å². The minimum absolute atomic E-state index is 0.288. The smallest absolute Gasteiger partial charge is 0.214 e. The van der Waals surface area contributed by atoms with Crippen LogP contribution in [0, 0.1) is 0 Å². The molecule has 0 fully saturated rings. The molecule has 0 aliphatic rings. The molecule has 0 unspecified atom stereocenters. The van der Waals surface area contributed by atoms with Gasteiger partial charge in [0, 0.05) is 17.7 Å². The molecule has 104 valence electrons. The van der Waals surface area contributed by atoms with Gasteiger partial charge < -0.3 is 4.74 Å². The topological polar surface area (TPSA) is 56.3 Å². The summed E-state index contributed by atoms with van der Waals surface area (Å²) < 4.78 is 29.9. The zero-order valence-electron chi connectivity index (χ0n) is 11.4. The lowest BCUT2D eigenvalue weighted by Gasteiger charge is -2.10. The standard InChI is InChI=1S/C13H17NO3S2/c1-5-17-11-6-9(8(2)3)13-12(14-11)10(7-18-13)19(4,15)16/h6-8H,5H2,1-4H3. The summed E-state index contributed by atoms with van der Waals surface area (Å²) in [5, 5.41) is 1.66. The van der Waals surface area contributed by atoms with Crippen molar-refractivity contribution in [1.82, 2.24) is 4.98 Å². The van der Waals surface area contributed by atoms with E-state index >= 15 is 0 Å². The Morgan fingerprint density at radius 2 is 2.11 bits per heavy atom. The van der Waals surface area contributed by atoms with Crippen molar-refractivity contribution in [3.05, 3.63) is 17.0 Å². The van der Waals surface area contributed by atoms with E-state index in [1.807, 2.05) is 13.0 Å². The highest BCUT2D eigenvalue weighted by atomic mass is 32.2. The Bertz CT molecular complexity index is 702. The number of aromatic nitrogens is 1. The molecule has 2 aromatic heterocycles. The molecule has 0 radical (unpaired) electrons. The Kier molecular flexibility index (Phi) is 3.82. The van der Waals surface area contributed by atoms with Gasteiger partial charge in [0.05, 0.1) is 11.3 Å². The van der Waals surface area contributed by atoms with Crippen LogP contribution in [0.4, 0.5) is 0 Å². The summed E-state index contributed by atoms with van der Waals surface area (Å²) in [6.45, 7) is 6.54. The van der Waals surface area contributed by atoms with Gasteiger partial charge in [-0.1, -0.05) is 13.8 Å². The molecule has 2 aromatic rings. The monoisotopic (exact) mass is 299 g/mol. The zero-order valence-corrected chi connectivity index (χ0v) is 13.1. The molecule has 0 atom stereocenters. The predicted octanol–water partition coefficient (Wildman–Crippen LogP) is 3.22. The highest BCUT2D eigenvalue weighted by Crippen LogP contribution is 2.36. The number of pyridine rings is 1. The molecule has 4 nitrogen and oxygen atoms in total. The number of rotatable bonds is 4. The third-order valence-corrected chi connectivity index (χ3v) is 5.09. The summed E-state index contributed by atoms with van der Waals surface area (Å²) in [5.41, 5.74) is 1.61. The summed E-state index contributed by atoms with van der Waals surface area (Å²) in [7, 11) is -3.27. The van der Waals surface area contributed by atoms with Crippen LogP contribution in [-0.4, -0.2) is 26.3 Å². The molecule has 0 aliphatic carbocycles. The van der Waals surface area contributed by atoms with Crippen molar-refractivity contribution in [2.75, 3.05) is 12.9 Å². The van der Waals surface area contributed by atoms with Crippen LogP contribution >= 0.6 is 11.3 Å². The van der Waals surface area contributed by atoms with Crippen LogP contribution in [0.25, 0.3) is 10.2 Å². The Morgan fingerprint density at radius 3 is 2.63 bits per heavy atom. The summed E-state index contributed by atoms with van der Waals surface area (Å²) >= 11 is 1.43. The second-order valence-electron chi connectivity index (χ2n) is 4.69. The SMILES string of the molecule is CCOc1cc(C(C)C)c2scc(S(C)(=O)=O)c2n1. The quantitative estimate of drug-likeness (QED) is 0.870. The van der Waals surface area contributed by atoms with Crippen LogP contribution in [0.1, 0.15) is 32.3 Å². The highest BCUT2D eigenvalue weighted by molar-refractivity contribution is 7.91. The van der Waals surface area contributed by atoms with Crippen LogP contribution in [0.5, 0.6) is 5.88 Å². The van der Waals surface area contributed by atoms with E-state index in [4.69, 9.17) is 4.74 Å². The third-order valence-electron chi connectivity index (χ3n) is 2.81. The average Bonchev–Trinajstić information content (AvgIpc) is 2.71. The van der Waals surface area contributed by atoms with Crippen LogP contribution in [0.2, 0.25) is 0 Å². The third kappa shape index (κ3) is 2.74. The van der Waals surface area contributed by atoms with E-state index in [1.165, 1.54) is 17.6 Å². The fourth-order valence-electron chi connectivity index (χ4n) is 1.90. The number of thiophene rings is 1. The highest BCUT2D eigenvalue weighted by Gasteiger charge is 2.19. The molecule has 0 saturated heterocycles. The summed E-state index contributed by atoms with van der Waals surface area (Å²) in [4.78, 5) is 4.63. The summed E-state index contributed by atoms with van der Waals surface area (Å²) in [6, 6.07) is 1.90. The summed E-state index contributed by atoms with van der Waals surface area (Å²) in [5.74, 6) is 0.776. The summed E-state index contributed by atoms with van der Waals surface area (Å²) in [6.07, 6.45) is 1.21. The Hall–Kier alpha value is -1.14. The van der Waals surface area contributed by atoms with Crippen molar-refractivity contribution in [3.8, 4) is 5.88 Å². The van der Waals surface area contributed by atoms with Crippen LogP contribution in [-0.2, 0) is 9.84 Å². The first-order valence-electron chi connectivity index (χ1n) is 6.09. The van der Waals surface area contributed by atoms with Gasteiger partial charge in [-0.2, -0.15) is 0 Å². The van der Waals surface area contributed by atoms with Crippen molar-refractivity contribution in [2.45, 2.75) is 31.6 Å². The number of ether oxygens (including phenoxy) is 1. The first kappa shape index (κ1) is 14.3. The lowest BCUT2D eigenvalue weighted by molar-refractivity contribution is 0.327. The lowest BCUT2D eigenvalue weighted by atomic mass is 10.0. The fraction of sp³-hybridized carbons (Fsp3) is 0.462. The van der Waals surface area contributed by atoms with E-state index in [0.29, 0.717) is 18.0 Å². The number of sulfone groups is 1. The molecule has 0 N–H and O–H groups in total. The van der Waals surface area contributed by atoms with Gasteiger partial charge in [0.15, 0.2) is 9.84 Å². The molecule has 0 bridgehead atoms. The molecule has 19 heavy (non-hydrogen) atoms. The maximum Gasteiger partial charge on any atom is 0.214 e. The Labute approximate surface area is 117 Å². The van der Waals surface area contributed by atoms with Crippen molar-refractivity contribution in [2.24, 2.45) is 0 Å². The molecule has 0 saturated carbocycles. The van der Waals surface area contributed by atoms with Gasteiger partial charge in [0.25, 0.3) is 0 Å². The largest absolute Gasteiger partial charge is 0.478 e. The minimum atomic E-state index is -3.27. The molecular weight excluding hydrogens is 282 g/mol. The first-order valence-corrected chi connectivity index (χ1v) is 8.86. The number of hydrogen-bond donors (Lipinski definition) is 0. The Morgan fingerprint density at radius 1 is 1.42 bits per heavy atom. The van der Waals surface area contributed by atoms with Crippen molar-refractivity contribution in [1.29, 1.82) is 0 Å². The van der Waals surface area contributed by atoms with Crippen molar-refractivity contribution < 1.29 is 13.2 Å². The normalized spacial score (nSPS) is 12.3. The molecular formula is C13H17NO3S2. The lowest BCUT2D eigenvalue weighted by Crippen LogP contribution is -2.00. The van der Waals surface area contributed by atoms with Gasteiger partial charge in [-0.25, -0.2) is 13.4 Å². The molecule has 0 amide bonds. The molecule has 2 heterocycles. The second kappa shape index (κ2) is 5.09. The molecule has 0 aliphatic heterocycles. The minimum Gasteiger partial charge on any atom is -0.478 e. The van der Waals surface area contributed by atoms with Gasteiger partial charge in [0.2, 0.25) is 5.88 Å².